The first-order valence-corrected chi connectivity index (χ1v) is 2.61. The average molecular weight is 125 g/mol. The van der Waals surface area contributed by atoms with Gasteiger partial charge in [0, 0.05) is 19.3 Å². The highest BCUT2D eigenvalue weighted by molar-refractivity contribution is 5.66. The molecule has 0 N–H and O–H groups in total. The van der Waals surface area contributed by atoms with Gasteiger partial charge in [0.2, 0.25) is 0 Å². The molecule has 0 atom stereocenters. The lowest BCUT2D eigenvalue weighted by Crippen LogP contribution is -2.13. The zero-order valence-electron chi connectivity index (χ0n) is 5.07. The molecule has 0 unspecified atom stereocenters. The summed E-state index contributed by atoms with van der Waals surface area (Å²) < 4.78 is 1.35. The van der Waals surface area contributed by atoms with Crippen molar-refractivity contribution in [2.45, 2.75) is 6.92 Å². The quantitative estimate of drug-likeness (QED) is 0.546. The third kappa shape index (κ3) is 1.60. The molecule has 48 valence electrons. The van der Waals surface area contributed by atoms with E-state index in [1.807, 2.05) is 0 Å². The van der Waals surface area contributed by atoms with Crippen molar-refractivity contribution in [3.8, 4) is 0 Å². The van der Waals surface area contributed by atoms with Crippen molar-refractivity contribution in [1.82, 2.24) is 4.73 Å². The largest absolute Gasteiger partial charge is 0.337 e. The minimum atomic E-state index is -0.314. The molecular weight excluding hydrogens is 118 g/mol. The van der Waals surface area contributed by atoms with Crippen molar-refractivity contribution >= 4 is 5.97 Å². The number of hydrogen-bond acceptors (Lipinski definition) is 2. The summed E-state index contributed by atoms with van der Waals surface area (Å²) in [4.78, 5) is 14.9. The van der Waals surface area contributed by atoms with E-state index in [0.29, 0.717) is 0 Å². The summed E-state index contributed by atoms with van der Waals surface area (Å²) in [6.45, 7) is 1.36. The molecule has 0 aliphatic heterocycles. The van der Waals surface area contributed by atoms with Crippen LogP contribution in [-0.4, -0.2) is 10.7 Å². The second kappa shape index (κ2) is 2.35. The van der Waals surface area contributed by atoms with Crippen LogP contribution in [0.5, 0.6) is 0 Å². The van der Waals surface area contributed by atoms with Gasteiger partial charge in [-0.25, -0.2) is 4.79 Å². The Labute approximate surface area is 52.8 Å². The molecule has 0 bridgehead atoms. The normalized spacial score (nSPS) is 9.00. The van der Waals surface area contributed by atoms with Gasteiger partial charge in [0.1, 0.15) is 0 Å². The Balaban J connectivity index is 2.58. The Kier molecular flexibility index (Phi) is 1.53. The smallest absolute Gasteiger partial charge is 0.329 e. The van der Waals surface area contributed by atoms with Crippen LogP contribution in [0.3, 0.4) is 0 Å². The highest BCUT2D eigenvalue weighted by Crippen LogP contribution is 1.84. The van der Waals surface area contributed by atoms with Gasteiger partial charge in [-0.1, -0.05) is 0 Å². The minimum Gasteiger partial charge on any atom is -0.337 e. The Morgan fingerprint density at radius 2 is 2.00 bits per heavy atom. The lowest BCUT2D eigenvalue weighted by Gasteiger charge is -1.97. The number of hydrogen-bond donors (Lipinski definition) is 0. The molecule has 0 saturated heterocycles. The second-order valence-electron chi connectivity index (χ2n) is 1.63. The molecule has 1 heterocycles. The fraction of sp³-hybridized carbons (Fsp3) is 0.167. The van der Waals surface area contributed by atoms with E-state index in [0.717, 1.165) is 0 Å². The van der Waals surface area contributed by atoms with Crippen LogP contribution >= 0.6 is 0 Å². The van der Waals surface area contributed by atoms with E-state index in [1.165, 1.54) is 11.7 Å². The molecule has 1 aromatic heterocycles. The van der Waals surface area contributed by atoms with E-state index in [-0.39, 0.29) is 5.97 Å². The van der Waals surface area contributed by atoms with E-state index >= 15 is 0 Å². The average Bonchev–Trinajstić information content (AvgIpc) is 2.15. The van der Waals surface area contributed by atoms with Gasteiger partial charge in [-0.05, 0) is 12.1 Å². The second-order valence-corrected chi connectivity index (χ2v) is 1.63. The summed E-state index contributed by atoms with van der Waals surface area (Å²) >= 11 is 0. The predicted molar refractivity (Wildman–Crippen MR) is 31.7 cm³/mol. The van der Waals surface area contributed by atoms with Gasteiger partial charge in [-0.15, -0.1) is 0 Å². The maximum atomic E-state index is 10.3. The monoisotopic (exact) mass is 125 g/mol. The molecule has 0 spiro atoms. The number of rotatable bonds is 1. The molecule has 0 aromatic carbocycles. The minimum absolute atomic E-state index is 0.314. The number of carbonyl (C=O) groups is 1. The van der Waals surface area contributed by atoms with E-state index in [4.69, 9.17) is 0 Å². The summed E-state index contributed by atoms with van der Waals surface area (Å²) in [6, 6.07) is 3.56. The highest BCUT2D eigenvalue weighted by Gasteiger charge is 1.90. The van der Waals surface area contributed by atoms with Gasteiger partial charge in [-0.3, -0.25) is 0 Å². The lowest BCUT2D eigenvalue weighted by atomic mass is 10.7. The van der Waals surface area contributed by atoms with E-state index in [9.17, 15) is 4.79 Å². The van der Waals surface area contributed by atoms with Crippen LogP contribution in [0, 0.1) is 0 Å². The first kappa shape index (κ1) is 5.88. The summed E-state index contributed by atoms with van der Waals surface area (Å²) in [6.07, 6.45) is 3.31. The van der Waals surface area contributed by atoms with Crippen molar-refractivity contribution in [2.24, 2.45) is 0 Å². The molecule has 3 nitrogen and oxygen atoms in total. The third-order valence-electron chi connectivity index (χ3n) is 0.811. The summed E-state index contributed by atoms with van der Waals surface area (Å²) in [7, 11) is 0. The Morgan fingerprint density at radius 1 is 1.44 bits per heavy atom. The van der Waals surface area contributed by atoms with Gasteiger partial charge in [0.15, 0.2) is 0 Å². The summed E-state index contributed by atoms with van der Waals surface area (Å²) in [5, 5.41) is 0. The molecule has 9 heavy (non-hydrogen) atoms. The number of carbonyl (C=O) groups excluding carboxylic acids is 1. The van der Waals surface area contributed by atoms with Gasteiger partial charge < -0.3 is 4.84 Å². The van der Waals surface area contributed by atoms with Crippen LogP contribution < -0.4 is 4.84 Å². The fourth-order valence-corrected chi connectivity index (χ4v) is 0.528. The maximum Gasteiger partial charge on any atom is 0.329 e. The van der Waals surface area contributed by atoms with Crippen LogP contribution in [0.25, 0.3) is 0 Å². The number of aromatic nitrogens is 1. The first-order valence-electron chi connectivity index (χ1n) is 2.61. The molecule has 0 aliphatic carbocycles. The van der Waals surface area contributed by atoms with Crippen molar-refractivity contribution in [3.63, 3.8) is 0 Å². The highest BCUT2D eigenvalue weighted by atomic mass is 16.7. The Bertz CT molecular complexity index is 191. The molecule has 0 saturated carbocycles. The third-order valence-corrected chi connectivity index (χ3v) is 0.811. The van der Waals surface area contributed by atoms with Crippen molar-refractivity contribution in [2.75, 3.05) is 0 Å². The zero-order chi connectivity index (χ0) is 6.69. The number of nitrogens with zero attached hydrogens (tertiary/aromatic N) is 1. The fourth-order valence-electron chi connectivity index (χ4n) is 0.528. The Morgan fingerprint density at radius 3 is 2.44 bits per heavy atom. The van der Waals surface area contributed by atoms with Gasteiger partial charge >= 0.3 is 5.97 Å². The van der Waals surface area contributed by atoms with E-state index in [1.54, 1.807) is 24.5 Å². The summed E-state index contributed by atoms with van der Waals surface area (Å²) in [5.74, 6) is -0.314. The first-order chi connectivity index (χ1) is 4.29. The van der Waals surface area contributed by atoms with Crippen molar-refractivity contribution < 1.29 is 9.63 Å². The maximum absolute atomic E-state index is 10.3. The molecule has 1 rings (SSSR count). The topological polar surface area (TPSA) is 31.2 Å². The van der Waals surface area contributed by atoms with Crippen LogP contribution in [0.4, 0.5) is 0 Å². The molecule has 3 heteroatoms. The predicted octanol–water partition coefficient (Wildman–Crippen LogP) is 0.463. The van der Waals surface area contributed by atoms with Crippen LogP contribution in [0.2, 0.25) is 0 Å². The van der Waals surface area contributed by atoms with Crippen LogP contribution in [0.15, 0.2) is 24.5 Å². The molecular formula is C6H7NO2. The Hall–Kier alpha value is -1.25. The molecule has 0 fully saturated rings. The van der Waals surface area contributed by atoms with Crippen LogP contribution in [0.1, 0.15) is 6.92 Å². The van der Waals surface area contributed by atoms with Gasteiger partial charge in [0.05, 0.1) is 0 Å². The van der Waals surface area contributed by atoms with E-state index in [2.05, 4.69) is 4.84 Å². The van der Waals surface area contributed by atoms with Crippen molar-refractivity contribution in [1.29, 1.82) is 0 Å². The van der Waals surface area contributed by atoms with Gasteiger partial charge in [-0.2, -0.15) is 4.73 Å². The zero-order valence-corrected chi connectivity index (χ0v) is 5.07. The molecule has 1 aromatic rings. The van der Waals surface area contributed by atoms with Crippen molar-refractivity contribution in [3.05, 3.63) is 24.5 Å². The molecule has 0 aliphatic rings. The standard InChI is InChI=1S/C6H7NO2/c1-6(8)9-7-4-2-3-5-7/h2-5H,1H3. The molecule has 0 amide bonds. The summed E-state index contributed by atoms with van der Waals surface area (Å²) in [5.41, 5.74) is 0. The SMILES string of the molecule is CC(=O)On1cccc1. The van der Waals surface area contributed by atoms with E-state index < -0.39 is 0 Å². The van der Waals surface area contributed by atoms with Crippen LogP contribution in [-0.2, 0) is 4.79 Å². The lowest BCUT2D eigenvalue weighted by molar-refractivity contribution is -0.141. The molecule has 0 radical (unpaired) electrons. The van der Waals surface area contributed by atoms with Gasteiger partial charge in [0.25, 0.3) is 0 Å².